The maximum atomic E-state index is 4.65. The van der Waals surface area contributed by atoms with Gasteiger partial charge in [0.2, 0.25) is 0 Å². The summed E-state index contributed by atoms with van der Waals surface area (Å²) in [6.07, 6.45) is 11.8. The Morgan fingerprint density at radius 2 is 1.70 bits per heavy atom. The van der Waals surface area contributed by atoms with E-state index in [2.05, 4.69) is 95.4 Å². The van der Waals surface area contributed by atoms with Crippen molar-refractivity contribution in [2.24, 2.45) is 0 Å². The molecule has 0 atom stereocenters. The third-order valence-electron chi connectivity index (χ3n) is 5.20. The number of benzene rings is 2. The molecule has 0 spiro atoms. The average molecular weight is 348 g/mol. The number of hydrogen-bond acceptors (Lipinski definition) is 1. The third-order valence-corrected chi connectivity index (χ3v) is 5.20. The fourth-order valence-electron chi connectivity index (χ4n) is 4.01. The molecule has 27 heavy (non-hydrogen) atoms. The lowest BCUT2D eigenvalue weighted by Crippen LogP contribution is -2.02. The molecule has 0 N–H and O–H groups in total. The first kappa shape index (κ1) is 15.8. The first-order valence-corrected chi connectivity index (χ1v) is 9.32. The molecule has 5 rings (SSSR count). The van der Waals surface area contributed by atoms with Crippen LogP contribution in [0.1, 0.15) is 23.2 Å². The van der Waals surface area contributed by atoms with Crippen LogP contribution in [0, 0.1) is 6.92 Å². The van der Waals surface area contributed by atoms with Crippen LogP contribution in [0.2, 0.25) is 0 Å². The second-order valence-electron chi connectivity index (χ2n) is 6.88. The highest BCUT2D eigenvalue weighted by Gasteiger charge is 2.19. The van der Waals surface area contributed by atoms with Gasteiger partial charge in [-0.05, 0) is 49.2 Å². The number of aromatic nitrogens is 2. The molecule has 2 heteroatoms. The van der Waals surface area contributed by atoms with Gasteiger partial charge in [-0.3, -0.25) is 4.98 Å². The van der Waals surface area contributed by atoms with E-state index in [0.29, 0.717) is 0 Å². The lowest BCUT2D eigenvalue weighted by molar-refractivity contribution is 1.10. The predicted molar refractivity (Wildman–Crippen MR) is 114 cm³/mol. The van der Waals surface area contributed by atoms with Crippen LogP contribution in [-0.2, 0) is 0 Å². The van der Waals surface area contributed by atoms with Gasteiger partial charge in [0, 0.05) is 22.7 Å². The van der Waals surface area contributed by atoms with E-state index < -0.39 is 0 Å². The molecule has 0 amide bonds. The second-order valence-corrected chi connectivity index (χ2v) is 6.88. The van der Waals surface area contributed by atoms with E-state index in [0.717, 1.165) is 12.1 Å². The molecule has 0 saturated carbocycles. The largest absolute Gasteiger partial charge is 0.309 e. The number of rotatable bonds is 2. The van der Waals surface area contributed by atoms with Gasteiger partial charge < -0.3 is 4.57 Å². The zero-order chi connectivity index (χ0) is 18.2. The topological polar surface area (TPSA) is 17.8 Å². The van der Waals surface area contributed by atoms with Gasteiger partial charge in [0.05, 0.1) is 22.6 Å². The molecule has 130 valence electrons. The molecule has 0 fully saturated rings. The van der Waals surface area contributed by atoms with Crippen molar-refractivity contribution in [3.63, 3.8) is 0 Å². The second kappa shape index (κ2) is 6.40. The summed E-state index contributed by atoms with van der Waals surface area (Å²) in [5.41, 5.74) is 8.33. The van der Waals surface area contributed by atoms with Gasteiger partial charge in [0.15, 0.2) is 0 Å². The van der Waals surface area contributed by atoms with Crippen molar-refractivity contribution < 1.29 is 0 Å². The Labute approximate surface area is 159 Å². The van der Waals surface area contributed by atoms with Crippen LogP contribution >= 0.6 is 0 Å². The van der Waals surface area contributed by atoms with Gasteiger partial charge in [0.1, 0.15) is 0 Å². The van der Waals surface area contributed by atoms with Crippen LogP contribution in [0.3, 0.4) is 0 Å². The number of fused-ring (bicyclic) bond motifs is 3. The molecule has 2 heterocycles. The van der Waals surface area contributed by atoms with Crippen LogP contribution in [-0.4, -0.2) is 9.55 Å². The SMILES string of the molecule is Cc1cccc(-n2c3c(c4ccccc42)C=CCC=C3)c1-c1ccccn1. The molecular formula is C25H20N2. The van der Waals surface area contributed by atoms with Crippen molar-refractivity contribution in [1.82, 2.24) is 9.55 Å². The smallest absolute Gasteiger partial charge is 0.0725 e. The Kier molecular flexibility index (Phi) is 3.75. The quantitative estimate of drug-likeness (QED) is 0.408. The number of para-hydroxylation sites is 1. The first-order valence-electron chi connectivity index (χ1n) is 9.32. The zero-order valence-corrected chi connectivity index (χ0v) is 15.3. The first-order chi connectivity index (χ1) is 13.3. The van der Waals surface area contributed by atoms with Crippen LogP contribution < -0.4 is 0 Å². The molecule has 4 aromatic rings. The maximum Gasteiger partial charge on any atom is 0.0725 e. The summed E-state index contributed by atoms with van der Waals surface area (Å²) >= 11 is 0. The van der Waals surface area contributed by atoms with Crippen LogP contribution in [0.25, 0.3) is 40.0 Å². The molecule has 0 radical (unpaired) electrons. The summed E-state index contributed by atoms with van der Waals surface area (Å²) in [4.78, 5) is 4.65. The minimum absolute atomic E-state index is 0.962. The minimum atomic E-state index is 0.962. The molecule has 2 nitrogen and oxygen atoms in total. The van der Waals surface area contributed by atoms with E-state index in [9.17, 15) is 0 Å². The number of allylic oxidation sites excluding steroid dienone is 2. The number of pyridine rings is 1. The fraction of sp³-hybridized carbons (Fsp3) is 0.0800. The highest BCUT2D eigenvalue weighted by atomic mass is 15.0. The molecule has 1 aliphatic carbocycles. The molecule has 0 unspecified atom stereocenters. The van der Waals surface area contributed by atoms with Crippen molar-refractivity contribution >= 4 is 23.1 Å². The van der Waals surface area contributed by atoms with E-state index in [-0.39, 0.29) is 0 Å². The molecule has 0 saturated heterocycles. The maximum absolute atomic E-state index is 4.65. The number of hydrogen-bond donors (Lipinski definition) is 0. The monoisotopic (exact) mass is 348 g/mol. The van der Waals surface area contributed by atoms with Gasteiger partial charge >= 0.3 is 0 Å². The number of aryl methyl sites for hydroxylation is 1. The average Bonchev–Trinajstić information content (AvgIpc) is 2.84. The number of nitrogens with zero attached hydrogens (tertiary/aromatic N) is 2. The van der Waals surface area contributed by atoms with E-state index >= 15 is 0 Å². The van der Waals surface area contributed by atoms with Gasteiger partial charge in [-0.1, -0.05) is 54.6 Å². The molecule has 0 bridgehead atoms. The van der Waals surface area contributed by atoms with Gasteiger partial charge in [-0.25, -0.2) is 0 Å². The van der Waals surface area contributed by atoms with E-state index in [4.69, 9.17) is 0 Å². The molecule has 2 aromatic heterocycles. The summed E-state index contributed by atoms with van der Waals surface area (Å²) < 4.78 is 2.38. The summed E-state index contributed by atoms with van der Waals surface area (Å²) in [6, 6.07) is 21.2. The lowest BCUT2D eigenvalue weighted by atomic mass is 10.0. The fourth-order valence-corrected chi connectivity index (χ4v) is 4.01. The molecule has 0 aliphatic heterocycles. The van der Waals surface area contributed by atoms with Crippen molar-refractivity contribution in [1.29, 1.82) is 0 Å². The predicted octanol–water partition coefficient (Wildman–Crippen LogP) is 6.43. The normalized spacial score (nSPS) is 12.9. The summed E-state index contributed by atoms with van der Waals surface area (Å²) in [5, 5.41) is 1.28. The van der Waals surface area contributed by atoms with E-state index in [1.165, 1.54) is 39.0 Å². The van der Waals surface area contributed by atoms with Crippen LogP contribution in [0.4, 0.5) is 0 Å². The molecule has 2 aromatic carbocycles. The standard InChI is InChI=1S/C25H20N2/c1-18-10-9-16-24(25(18)21-13-7-8-17-26-21)27-22-14-4-2-3-11-19(22)20-12-5-6-15-23(20)27/h3-17H,2H2,1H3. The van der Waals surface area contributed by atoms with Gasteiger partial charge in [-0.15, -0.1) is 0 Å². The molecule has 1 aliphatic rings. The lowest BCUT2D eigenvalue weighted by Gasteiger charge is -2.16. The zero-order valence-electron chi connectivity index (χ0n) is 15.3. The Bertz CT molecular complexity index is 1190. The van der Waals surface area contributed by atoms with Crippen molar-refractivity contribution in [2.45, 2.75) is 13.3 Å². The Balaban J connectivity index is 1.91. The highest BCUT2D eigenvalue weighted by Crippen LogP contribution is 2.37. The van der Waals surface area contributed by atoms with Crippen molar-refractivity contribution in [3.8, 4) is 16.9 Å². The van der Waals surface area contributed by atoms with E-state index in [1.54, 1.807) is 0 Å². The van der Waals surface area contributed by atoms with Gasteiger partial charge in [0.25, 0.3) is 0 Å². The summed E-state index contributed by atoms with van der Waals surface area (Å²) in [5.74, 6) is 0. The molecular weight excluding hydrogens is 328 g/mol. The van der Waals surface area contributed by atoms with Crippen LogP contribution in [0.15, 0.2) is 79.0 Å². The Morgan fingerprint density at radius 1 is 0.852 bits per heavy atom. The van der Waals surface area contributed by atoms with Crippen LogP contribution in [0.5, 0.6) is 0 Å². The summed E-state index contributed by atoms with van der Waals surface area (Å²) in [6.45, 7) is 2.16. The minimum Gasteiger partial charge on any atom is -0.309 e. The Morgan fingerprint density at radius 3 is 2.59 bits per heavy atom. The Hall–Kier alpha value is -3.39. The highest BCUT2D eigenvalue weighted by molar-refractivity contribution is 5.97. The van der Waals surface area contributed by atoms with Crippen molar-refractivity contribution in [2.75, 3.05) is 0 Å². The summed E-state index contributed by atoms with van der Waals surface area (Å²) in [7, 11) is 0. The van der Waals surface area contributed by atoms with Gasteiger partial charge in [-0.2, -0.15) is 0 Å². The van der Waals surface area contributed by atoms with Crippen molar-refractivity contribution in [3.05, 3.63) is 95.8 Å². The van der Waals surface area contributed by atoms with E-state index in [1.807, 2.05) is 12.3 Å². The third kappa shape index (κ3) is 2.53.